The molecule has 0 aromatic heterocycles. The number of nitrogens with zero attached hydrogens (tertiary/aromatic N) is 3. The largest absolute Gasteiger partial charge is 0.312 e. The summed E-state index contributed by atoms with van der Waals surface area (Å²) >= 11 is 0. The molecule has 0 fully saturated rings. The van der Waals surface area contributed by atoms with Crippen LogP contribution in [0.25, 0.3) is 0 Å². The third kappa shape index (κ3) is 2.91. The molecule has 9 heteroatoms. The van der Waals surface area contributed by atoms with Crippen molar-refractivity contribution < 1.29 is 18.1 Å². The lowest BCUT2D eigenvalue weighted by atomic mass is 10.0. The fraction of sp³-hybridized carbons (Fsp3) is 0.316. The number of fused-ring (bicyclic) bond motifs is 2. The van der Waals surface area contributed by atoms with Crippen LogP contribution in [0.1, 0.15) is 24.5 Å². The van der Waals surface area contributed by atoms with Gasteiger partial charge in [-0.2, -0.15) is 0 Å². The van der Waals surface area contributed by atoms with Gasteiger partial charge in [-0.15, -0.1) is 0 Å². The molecular weight excluding hydrogens is 382 g/mol. The summed E-state index contributed by atoms with van der Waals surface area (Å²) in [4.78, 5) is 24.2. The van der Waals surface area contributed by atoms with E-state index in [1.807, 2.05) is 0 Å². The van der Waals surface area contributed by atoms with Crippen molar-refractivity contribution >= 4 is 33.0 Å². The molecule has 0 saturated carbocycles. The van der Waals surface area contributed by atoms with Crippen molar-refractivity contribution in [3.05, 3.63) is 57.6 Å². The summed E-state index contributed by atoms with van der Waals surface area (Å²) in [6, 6.07) is 9.12. The Morgan fingerprint density at radius 2 is 1.82 bits per heavy atom. The van der Waals surface area contributed by atoms with Gasteiger partial charge in [0.05, 0.1) is 15.5 Å². The molecule has 2 aromatic carbocycles. The van der Waals surface area contributed by atoms with Crippen molar-refractivity contribution in [1.82, 2.24) is 0 Å². The Bertz CT molecular complexity index is 1100. The topological polar surface area (TPSA) is 101 Å². The zero-order chi connectivity index (χ0) is 20.1. The second kappa shape index (κ2) is 6.59. The van der Waals surface area contributed by atoms with Crippen molar-refractivity contribution in [3.63, 3.8) is 0 Å². The zero-order valence-corrected chi connectivity index (χ0v) is 16.1. The molecule has 0 atom stereocenters. The first-order chi connectivity index (χ1) is 13.3. The molecule has 2 aliphatic heterocycles. The number of hydrogen-bond acceptors (Lipinski definition) is 5. The highest BCUT2D eigenvalue weighted by Gasteiger charge is 2.33. The van der Waals surface area contributed by atoms with Crippen LogP contribution < -0.4 is 9.21 Å². The number of amides is 1. The van der Waals surface area contributed by atoms with Gasteiger partial charge in [-0.3, -0.25) is 19.2 Å². The van der Waals surface area contributed by atoms with Crippen LogP contribution in [0.3, 0.4) is 0 Å². The molecule has 2 aliphatic rings. The highest BCUT2D eigenvalue weighted by Crippen LogP contribution is 2.37. The van der Waals surface area contributed by atoms with E-state index < -0.39 is 14.9 Å². The molecule has 28 heavy (non-hydrogen) atoms. The van der Waals surface area contributed by atoms with Crippen molar-refractivity contribution in [2.24, 2.45) is 0 Å². The van der Waals surface area contributed by atoms with E-state index >= 15 is 0 Å². The summed E-state index contributed by atoms with van der Waals surface area (Å²) in [6.45, 7) is 2.36. The molecular formula is C19H19N3O5S. The van der Waals surface area contributed by atoms with Crippen LogP contribution >= 0.6 is 0 Å². The summed E-state index contributed by atoms with van der Waals surface area (Å²) in [6.07, 6.45) is 1.98. The van der Waals surface area contributed by atoms with Gasteiger partial charge in [-0.1, -0.05) is 6.07 Å². The minimum absolute atomic E-state index is 0.0719. The van der Waals surface area contributed by atoms with Crippen molar-refractivity contribution in [2.45, 2.75) is 31.1 Å². The van der Waals surface area contributed by atoms with Crippen molar-refractivity contribution in [3.8, 4) is 0 Å². The molecule has 4 rings (SSSR count). The molecule has 2 aromatic rings. The number of rotatable bonds is 3. The van der Waals surface area contributed by atoms with Gasteiger partial charge in [0.1, 0.15) is 0 Å². The van der Waals surface area contributed by atoms with Crippen LogP contribution in [0.15, 0.2) is 41.3 Å². The Labute approximate surface area is 162 Å². The van der Waals surface area contributed by atoms with Gasteiger partial charge in [-0.05, 0) is 48.6 Å². The van der Waals surface area contributed by atoms with Gasteiger partial charge >= 0.3 is 0 Å². The molecule has 0 aliphatic carbocycles. The Kier molecular flexibility index (Phi) is 4.34. The van der Waals surface area contributed by atoms with E-state index in [9.17, 15) is 23.3 Å². The van der Waals surface area contributed by atoms with Gasteiger partial charge in [0.15, 0.2) is 0 Å². The van der Waals surface area contributed by atoms with E-state index in [1.165, 1.54) is 29.4 Å². The normalized spacial score (nSPS) is 15.9. The number of carbonyl (C=O) groups is 1. The summed E-state index contributed by atoms with van der Waals surface area (Å²) in [7, 11) is -3.86. The van der Waals surface area contributed by atoms with Crippen molar-refractivity contribution in [2.75, 3.05) is 22.3 Å². The highest BCUT2D eigenvalue weighted by molar-refractivity contribution is 7.92. The molecule has 1 amide bonds. The predicted molar refractivity (Wildman–Crippen MR) is 104 cm³/mol. The molecule has 8 nitrogen and oxygen atoms in total. The summed E-state index contributed by atoms with van der Waals surface area (Å²) < 4.78 is 27.7. The number of carbonyl (C=O) groups excluding carboxylic acids is 1. The maximum atomic E-state index is 13.3. The number of nitro groups is 1. The number of anilines is 2. The Hall–Kier alpha value is -2.94. The lowest BCUT2D eigenvalue weighted by molar-refractivity contribution is -0.384. The van der Waals surface area contributed by atoms with Crippen LogP contribution in [-0.2, 0) is 27.7 Å². The SMILES string of the molecule is CC(=O)N1CCCc2cc(S(=O)(=O)N3CCc4ccc([N+](=O)[O-])cc43)ccc21. The van der Waals surface area contributed by atoms with Gasteiger partial charge < -0.3 is 4.90 Å². The second-order valence-electron chi connectivity index (χ2n) is 6.96. The van der Waals surface area contributed by atoms with E-state index in [2.05, 4.69) is 0 Å². The molecule has 0 N–H and O–H groups in total. The molecule has 0 bridgehead atoms. The predicted octanol–water partition coefficient (Wildman–Crippen LogP) is 2.65. The first-order valence-electron chi connectivity index (χ1n) is 9.00. The van der Waals surface area contributed by atoms with E-state index in [-0.39, 0.29) is 23.0 Å². The average Bonchev–Trinajstić information content (AvgIpc) is 3.10. The third-order valence-corrected chi connectivity index (χ3v) is 7.08. The van der Waals surface area contributed by atoms with Crippen LogP contribution in [0.2, 0.25) is 0 Å². The monoisotopic (exact) mass is 401 g/mol. The first kappa shape index (κ1) is 18.4. The Balaban J connectivity index is 1.74. The number of benzene rings is 2. The third-order valence-electron chi connectivity index (χ3n) is 5.27. The lowest BCUT2D eigenvalue weighted by Gasteiger charge is -2.29. The summed E-state index contributed by atoms with van der Waals surface area (Å²) in [5.74, 6) is -0.0719. The van der Waals surface area contributed by atoms with E-state index in [4.69, 9.17) is 0 Å². The van der Waals surface area contributed by atoms with Crippen LogP contribution in [-0.4, -0.2) is 32.3 Å². The minimum Gasteiger partial charge on any atom is -0.312 e. The van der Waals surface area contributed by atoms with Gasteiger partial charge in [0.25, 0.3) is 15.7 Å². The van der Waals surface area contributed by atoms with E-state index in [0.717, 1.165) is 23.2 Å². The maximum absolute atomic E-state index is 13.3. The molecule has 0 radical (unpaired) electrons. The molecule has 2 heterocycles. The van der Waals surface area contributed by atoms with Crippen LogP contribution in [0.4, 0.5) is 17.1 Å². The number of aryl methyl sites for hydroxylation is 1. The van der Waals surface area contributed by atoms with Gasteiger partial charge in [0, 0.05) is 37.8 Å². The lowest BCUT2D eigenvalue weighted by Crippen LogP contribution is -2.34. The second-order valence-corrected chi connectivity index (χ2v) is 8.82. The molecule has 0 saturated heterocycles. The minimum atomic E-state index is -3.86. The maximum Gasteiger partial charge on any atom is 0.271 e. The first-order valence-corrected chi connectivity index (χ1v) is 10.4. The van der Waals surface area contributed by atoms with Gasteiger partial charge in [0.2, 0.25) is 5.91 Å². The van der Waals surface area contributed by atoms with Gasteiger partial charge in [-0.25, -0.2) is 8.42 Å². The highest BCUT2D eigenvalue weighted by atomic mass is 32.2. The van der Waals surface area contributed by atoms with Crippen molar-refractivity contribution in [1.29, 1.82) is 0 Å². The standard InChI is InChI=1S/C19H19N3O5S/c1-13(23)20-9-2-3-15-11-17(6-7-18(15)20)28(26,27)21-10-8-14-4-5-16(22(24)25)12-19(14)21/h4-7,11-12H,2-3,8-10H2,1H3. The number of nitro benzene ring substituents is 1. The Morgan fingerprint density at radius 3 is 2.54 bits per heavy atom. The van der Waals surface area contributed by atoms with E-state index in [1.54, 1.807) is 23.1 Å². The number of sulfonamides is 1. The smallest absolute Gasteiger partial charge is 0.271 e. The average molecular weight is 401 g/mol. The fourth-order valence-corrected chi connectivity index (χ4v) is 5.44. The molecule has 0 spiro atoms. The quantitative estimate of drug-likeness (QED) is 0.581. The number of non-ortho nitro benzene ring substituents is 1. The number of hydrogen-bond donors (Lipinski definition) is 0. The van der Waals surface area contributed by atoms with Crippen LogP contribution in [0, 0.1) is 10.1 Å². The van der Waals surface area contributed by atoms with E-state index in [0.29, 0.717) is 25.1 Å². The van der Waals surface area contributed by atoms with Crippen LogP contribution in [0.5, 0.6) is 0 Å². The summed E-state index contributed by atoms with van der Waals surface area (Å²) in [5, 5.41) is 11.1. The molecule has 146 valence electrons. The Morgan fingerprint density at radius 1 is 1.04 bits per heavy atom. The zero-order valence-electron chi connectivity index (χ0n) is 15.3. The fourth-order valence-electron chi connectivity index (χ4n) is 3.89. The summed E-state index contributed by atoms with van der Waals surface area (Å²) in [5.41, 5.74) is 2.56. The molecule has 0 unspecified atom stereocenters.